The molecule has 0 bridgehead atoms. The quantitative estimate of drug-likeness (QED) is 0.719. The second-order valence-corrected chi connectivity index (χ2v) is 5.25. The molecule has 1 fully saturated rings. The van der Waals surface area contributed by atoms with E-state index in [2.05, 4.69) is 12.2 Å². The Kier molecular flexibility index (Phi) is 5.14. The molecule has 0 saturated carbocycles. The highest BCUT2D eigenvalue weighted by Gasteiger charge is 2.42. The van der Waals surface area contributed by atoms with E-state index in [9.17, 15) is 9.59 Å². The largest absolute Gasteiger partial charge is 0.380 e. The van der Waals surface area contributed by atoms with Crippen molar-refractivity contribution >= 4 is 11.8 Å². The molecule has 0 aromatic carbocycles. The minimum atomic E-state index is -0.812. The van der Waals surface area contributed by atoms with Gasteiger partial charge in [0.1, 0.15) is 11.6 Å². The summed E-state index contributed by atoms with van der Waals surface area (Å²) in [5.74, 6) is -0.151. The van der Waals surface area contributed by atoms with Crippen LogP contribution < -0.4 is 5.32 Å². The van der Waals surface area contributed by atoms with Gasteiger partial charge in [-0.1, -0.05) is 13.3 Å². The zero-order valence-corrected chi connectivity index (χ0v) is 11.8. The Labute approximate surface area is 109 Å². The van der Waals surface area contributed by atoms with E-state index in [1.807, 2.05) is 0 Å². The first kappa shape index (κ1) is 15.0. The molecule has 104 valence electrons. The van der Waals surface area contributed by atoms with Crippen molar-refractivity contribution in [3.8, 4) is 0 Å². The fraction of sp³-hybridized carbons (Fsp3) is 0.846. The van der Waals surface area contributed by atoms with E-state index in [0.717, 1.165) is 12.8 Å². The lowest BCUT2D eigenvalue weighted by molar-refractivity contribution is -0.153. The SMILES string of the molecule is CCCCOCCN1C(=O)C(C)(C)NC(=O)C1C. The van der Waals surface area contributed by atoms with E-state index in [-0.39, 0.29) is 11.8 Å². The highest BCUT2D eigenvalue weighted by Crippen LogP contribution is 2.17. The molecule has 1 rings (SSSR count). The summed E-state index contributed by atoms with van der Waals surface area (Å²) in [4.78, 5) is 25.5. The van der Waals surface area contributed by atoms with Gasteiger partial charge in [0, 0.05) is 13.2 Å². The Morgan fingerprint density at radius 1 is 1.33 bits per heavy atom. The van der Waals surface area contributed by atoms with E-state index < -0.39 is 11.6 Å². The van der Waals surface area contributed by atoms with Gasteiger partial charge in [0.15, 0.2) is 0 Å². The lowest BCUT2D eigenvalue weighted by atomic mass is 9.97. The number of carbonyl (C=O) groups excluding carboxylic acids is 2. The predicted molar refractivity (Wildman–Crippen MR) is 69.1 cm³/mol. The molecule has 0 aliphatic carbocycles. The number of hydrogen-bond donors (Lipinski definition) is 1. The molecule has 18 heavy (non-hydrogen) atoms. The Morgan fingerprint density at radius 2 is 2.00 bits per heavy atom. The molecule has 5 heteroatoms. The molecule has 0 aromatic rings. The van der Waals surface area contributed by atoms with Crippen molar-refractivity contribution in [3.05, 3.63) is 0 Å². The first-order chi connectivity index (χ1) is 8.40. The summed E-state index contributed by atoms with van der Waals surface area (Å²) >= 11 is 0. The molecule has 0 radical (unpaired) electrons. The third-order valence-corrected chi connectivity index (χ3v) is 3.20. The van der Waals surface area contributed by atoms with Crippen LogP contribution in [0.3, 0.4) is 0 Å². The Balaban J connectivity index is 2.50. The molecule has 0 aromatic heterocycles. The normalized spacial score (nSPS) is 23.1. The van der Waals surface area contributed by atoms with E-state index in [1.54, 1.807) is 25.7 Å². The van der Waals surface area contributed by atoms with Gasteiger partial charge in [-0.25, -0.2) is 0 Å². The molecule has 5 nitrogen and oxygen atoms in total. The standard InChI is InChI=1S/C13H24N2O3/c1-5-6-8-18-9-7-15-10(2)11(16)14-13(3,4)12(15)17/h10H,5-9H2,1-4H3,(H,14,16). The number of carbonyl (C=O) groups is 2. The van der Waals surface area contributed by atoms with E-state index in [0.29, 0.717) is 19.8 Å². The number of piperazine rings is 1. The van der Waals surface area contributed by atoms with Gasteiger partial charge in [0.2, 0.25) is 11.8 Å². The Bertz CT molecular complexity index is 315. The zero-order valence-electron chi connectivity index (χ0n) is 11.8. The van der Waals surface area contributed by atoms with Crippen LogP contribution >= 0.6 is 0 Å². The van der Waals surface area contributed by atoms with E-state index in [4.69, 9.17) is 4.74 Å². The van der Waals surface area contributed by atoms with Gasteiger partial charge in [0.05, 0.1) is 6.61 Å². The average molecular weight is 256 g/mol. The van der Waals surface area contributed by atoms with Crippen LogP contribution in [-0.2, 0) is 14.3 Å². The van der Waals surface area contributed by atoms with Crippen molar-refractivity contribution in [2.45, 2.75) is 52.1 Å². The van der Waals surface area contributed by atoms with Crippen LogP contribution in [-0.4, -0.2) is 48.1 Å². The van der Waals surface area contributed by atoms with Gasteiger partial charge >= 0.3 is 0 Å². The summed E-state index contributed by atoms with van der Waals surface area (Å²) in [5, 5.41) is 2.72. The van der Waals surface area contributed by atoms with Crippen molar-refractivity contribution < 1.29 is 14.3 Å². The first-order valence-corrected chi connectivity index (χ1v) is 6.61. The van der Waals surface area contributed by atoms with Gasteiger partial charge in [-0.05, 0) is 27.2 Å². The third-order valence-electron chi connectivity index (χ3n) is 3.20. The Morgan fingerprint density at radius 3 is 2.61 bits per heavy atom. The lowest BCUT2D eigenvalue weighted by Gasteiger charge is -2.41. The highest BCUT2D eigenvalue weighted by atomic mass is 16.5. The summed E-state index contributed by atoms with van der Waals surface area (Å²) in [6.45, 7) is 8.97. The zero-order chi connectivity index (χ0) is 13.8. The molecule has 1 atom stereocenters. The van der Waals surface area contributed by atoms with Crippen molar-refractivity contribution in [2.75, 3.05) is 19.8 Å². The summed E-state index contributed by atoms with van der Waals surface area (Å²) < 4.78 is 5.45. The van der Waals surface area contributed by atoms with Crippen molar-refractivity contribution in [3.63, 3.8) is 0 Å². The van der Waals surface area contributed by atoms with E-state index >= 15 is 0 Å². The maximum Gasteiger partial charge on any atom is 0.248 e. The summed E-state index contributed by atoms with van der Waals surface area (Å²) in [7, 11) is 0. The van der Waals surface area contributed by atoms with Crippen LogP contribution in [0.25, 0.3) is 0 Å². The van der Waals surface area contributed by atoms with Gasteiger partial charge in [0.25, 0.3) is 0 Å². The molecule has 1 unspecified atom stereocenters. The number of nitrogens with one attached hydrogen (secondary N) is 1. The van der Waals surface area contributed by atoms with Crippen LogP contribution in [0.4, 0.5) is 0 Å². The molecular formula is C13H24N2O3. The van der Waals surface area contributed by atoms with Crippen molar-refractivity contribution in [1.82, 2.24) is 10.2 Å². The van der Waals surface area contributed by atoms with Crippen LogP contribution in [0.2, 0.25) is 0 Å². The van der Waals surface area contributed by atoms with Crippen LogP contribution in [0.1, 0.15) is 40.5 Å². The fourth-order valence-corrected chi connectivity index (χ4v) is 1.95. The molecule has 2 amide bonds. The van der Waals surface area contributed by atoms with Gasteiger partial charge in [-0.15, -0.1) is 0 Å². The van der Waals surface area contributed by atoms with Gasteiger partial charge < -0.3 is 15.0 Å². The van der Waals surface area contributed by atoms with E-state index in [1.165, 1.54) is 0 Å². The lowest BCUT2D eigenvalue weighted by Crippen LogP contribution is -2.67. The number of amides is 2. The number of hydrogen-bond acceptors (Lipinski definition) is 3. The molecule has 1 aliphatic rings. The monoisotopic (exact) mass is 256 g/mol. The molecule has 1 N–H and O–H groups in total. The highest BCUT2D eigenvalue weighted by molar-refractivity contribution is 5.99. The van der Waals surface area contributed by atoms with Crippen LogP contribution in [0, 0.1) is 0 Å². The molecule has 1 aliphatic heterocycles. The second-order valence-electron chi connectivity index (χ2n) is 5.25. The smallest absolute Gasteiger partial charge is 0.248 e. The average Bonchev–Trinajstić information content (AvgIpc) is 2.30. The minimum absolute atomic E-state index is 0.0475. The summed E-state index contributed by atoms with van der Waals surface area (Å²) in [6, 6.07) is -0.416. The first-order valence-electron chi connectivity index (χ1n) is 6.61. The molecular weight excluding hydrogens is 232 g/mol. The molecule has 1 saturated heterocycles. The maximum absolute atomic E-state index is 12.2. The van der Waals surface area contributed by atoms with Crippen molar-refractivity contribution in [1.29, 1.82) is 0 Å². The number of ether oxygens (including phenoxy) is 1. The van der Waals surface area contributed by atoms with Crippen molar-refractivity contribution in [2.24, 2.45) is 0 Å². The van der Waals surface area contributed by atoms with Crippen LogP contribution in [0.15, 0.2) is 0 Å². The van der Waals surface area contributed by atoms with Gasteiger partial charge in [-0.3, -0.25) is 9.59 Å². The third kappa shape index (κ3) is 3.45. The van der Waals surface area contributed by atoms with Gasteiger partial charge in [-0.2, -0.15) is 0 Å². The minimum Gasteiger partial charge on any atom is -0.380 e. The maximum atomic E-state index is 12.2. The molecule has 0 spiro atoms. The fourth-order valence-electron chi connectivity index (χ4n) is 1.95. The molecule has 1 heterocycles. The topological polar surface area (TPSA) is 58.6 Å². The second kappa shape index (κ2) is 6.18. The number of nitrogens with zero attached hydrogens (tertiary/aromatic N) is 1. The Hall–Kier alpha value is -1.10. The van der Waals surface area contributed by atoms with Crippen LogP contribution in [0.5, 0.6) is 0 Å². The summed E-state index contributed by atoms with van der Waals surface area (Å²) in [5.41, 5.74) is -0.812. The number of rotatable bonds is 6. The summed E-state index contributed by atoms with van der Waals surface area (Å²) in [6.07, 6.45) is 2.12. The number of unbranched alkanes of at least 4 members (excludes halogenated alkanes) is 1. The predicted octanol–water partition coefficient (Wildman–Crippen LogP) is 0.929.